The van der Waals surface area contributed by atoms with Crippen molar-refractivity contribution in [3.63, 3.8) is 0 Å². The van der Waals surface area contributed by atoms with Gasteiger partial charge >= 0.3 is 0 Å². The summed E-state index contributed by atoms with van der Waals surface area (Å²) in [7, 11) is 1.66. The molecule has 0 aliphatic carbocycles. The molecule has 1 aromatic carbocycles. The molecule has 0 aromatic heterocycles. The maximum absolute atomic E-state index is 10.4. The Morgan fingerprint density at radius 3 is 2.68 bits per heavy atom. The van der Waals surface area contributed by atoms with Crippen molar-refractivity contribution in [1.29, 1.82) is 0 Å². The molecule has 2 atom stereocenters. The first-order valence-electron chi connectivity index (χ1n) is 7.27. The summed E-state index contributed by atoms with van der Waals surface area (Å²) < 4.78 is 5.14. The fourth-order valence-electron chi connectivity index (χ4n) is 2.76. The Balaban J connectivity index is 1.96. The van der Waals surface area contributed by atoms with Gasteiger partial charge in [-0.2, -0.15) is 0 Å². The zero-order valence-corrected chi connectivity index (χ0v) is 12.0. The van der Waals surface area contributed by atoms with Crippen LogP contribution in [0, 0.1) is 0 Å². The number of ether oxygens (including phenoxy) is 1. The van der Waals surface area contributed by atoms with E-state index in [1.54, 1.807) is 7.11 Å². The molecule has 106 valence electrons. The van der Waals surface area contributed by atoms with E-state index < -0.39 is 6.10 Å². The average Bonchev–Trinajstić information content (AvgIpc) is 2.64. The summed E-state index contributed by atoms with van der Waals surface area (Å²) in [6.45, 7) is 4.11. The van der Waals surface area contributed by atoms with E-state index in [-0.39, 0.29) is 0 Å². The maximum Gasteiger partial charge on any atom is 0.118 e. The van der Waals surface area contributed by atoms with Crippen molar-refractivity contribution >= 4 is 0 Å². The second-order valence-electron chi connectivity index (χ2n) is 5.48. The highest BCUT2D eigenvalue weighted by atomic mass is 16.5. The minimum atomic E-state index is -0.411. The van der Waals surface area contributed by atoms with Crippen LogP contribution in [0.5, 0.6) is 5.75 Å². The van der Waals surface area contributed by atoms with Gasteiger partial charge < -0.3 is 9.84 Å². The van der Waals surface area contributed by atoms with E-state index in [1.165, 1.54) is 25.7 Å². The summed E-state index contributed by atoms with van der Waals surface area (Å²) in [5.74, 6) is 0.832. The number of methoxy groups -OCH3 is 1. The molecule has 0 radical (unpaired) electrons. The van der Waals surface area contributed by atoms with Gasteiger partial charge in [-0.15, -0.1) is 0 Å². The minimum Gasteiger partial charge on any atom is -0.497 e. The van der Waals surface area contributed by atoms with Crippen LogP contribution >= 0.6 is 0 Å². The molecule has 2 unspecified atom stereocenters. The van der Waals surface area contributed by atoms with Crippen LogP contribution in [0.25, 0.3) is 0 Å². The van der Waals surface area contributed by atoms with Crippen molar-refractivity contribution in [2.75, 3.05) is 20.2 Å². The lowest BCUT2D eigenvalue weighted by Gasteiger charge is -2.29. The highest BCUT2D eigenvalue weighted by molar-refractivity contribution is 5.28. The third-order valence-corrected chi connectivity index (χ3v) is 4.10. The first kappa shape index (κ1) is 14.4. The minimum absolute atomic E-state index is 0.411. The van der Waals surface area contributed by atoms with Gasteiger partial charge in [0.05, 0.1) is 13.2 Å². The molecule has 1 N–H and O–H groups in total. The Kier molecular flexibility index (Phi) is 5.23. The molecule has 1 aliphatic heterocycles. The first-order chi connectivity index (χ1) is 9.20. The molecule has 1 aliphatic rings. The van der Waals surface area contributed by atoms with Gasteiger partial charge in [0.15, 0.2) is 0 Å². The molecule has 1 heterocycles. The smallest absolute Gasteiger partial charge is 0.118 e. The lowest BCUT2D eigenvalue weighted by molar-refractivity contribution is 0.0928. The topological polar surface area (TPSA) is 32.7 Å². The van der Waals surface area contributed by atoms with Crippen LogP contribution in [0.1, 0.15) is 44.3 Å². The molecule has 0 bridgehead atoms. The van der Waals surface area contributed by atoms with Crippen LogP contribution in [0.4, 0.5) is 0 Å². The van der Waals surface area contributed by atoms with Crippen LogP contribution in [0.15, 0.2) is 24.3 Å². The number of β-amino-alcohol motifs (C(OH)–C–C–N with tert-alkyl or cyclic N) is 1. The van der Waals surface area contributed by atoms with Crippen molar-refractivity contribution in [3.8, 4) is 5.75 Å². The number of aliphatic hydroxyl groups is 1. The monoisotopic (exact) mass is 263 g/mol. The van der Waals surface area contributed by atoms with Gasteiger partial charge in [0.1, 0.15) is 5.75 Å². The SMILES string of the molecule is COc1ccc(C(O)CN2CCCCCC2C)cc1. The second-order valence-corrected chi connectivity index (χ2v) is 5.48. The lowest BCUT2D eigenvalue weighted by atomic mass is 10.1. The van der Waals surface area contributed by atoms with Crippen LogP contribution in [0.2, 0.25) is 0 Å². The molecular weight excluding hydrogens is 238 g/mol. The summed E-state index contributed by atoms with van der Waals surface area (Å²) in [6, 6.07) is 8.29. The lowest BCUT2D eigenvalue weighted by Crippen LogP contribution is -2.36. The highest BCUT2D eigenvalue weighted by Crippen LogP contribution is 2.22. The van der Waals surface area contributed by atoms with Gasteiger partial charge in [0.2, 0.25) is 0 Å². The predicted molar refractivity (Wildman–Crippen MR) is 77.5 cm³/mol. The van der Waals surface area contributed by atoms with Crippen molar-refractivity contribution in [3.05, 3.63) is 29.8 Å². The van der Waals surface area contributed by atoms with Crippen LogP contribution < -0.4 is 4.74 Å². The number of hydrogen-bond acceptors (Lipinski definition) is 3. The Labute approximate surface area is 116 Å². The van der Waals surface area contributed by atoms with Crippen molar-refractivity contribution in [2.45, 2.75) is 44.8 Å². The third-order valence-electron chi connectivity index (χ3n) is 4.10. The molecule has 1 fully saturated rings. The largest absolute Gasteiger partial charge is 0.497 e. The number of nitrogens with zero attached hydrogens (tertiary/aromatic N) is 1. The zero-order valence-electron chi connectivity index (χ0n) is 12.0. The highest BCUT2D eigenvalue weighted by Gasteiger charge is 2.20. The van der Waals surface area contributed by atoms with Crippen LogP contribution in [0.3, 0.4) is 0 Å². The number of benzene rings is 1. The molecule has 3 heteroatoms. The fourth-order valence-corrected chi connectivity index (χ4v) is 2.76. The summed E-state index contributed by atoms with van der Waals surface area (Å²) in [5.41, 5.74) is 0.970. The summed E-state index contributed by atoms with van der Waals surface area (Å²) >= 11 is 0. The van der Waals surface area contributed by atoms with E-state index >= 15 is 0 Å². The standard InChI is InChI=1S/C16H25NO2/c1-13-6-4-3-5-11-17(13)12-16(18)14-7-9-15(19-2)10-8-14/h7-10,13,16,18H,3-6,11-12H2,1-2H3. The molecular formula is C16H25NO2. The normalized spacial score (nSPS) is 22.8. The average molecular weight is 263 g/mol. The molecule has 3 nitrogen and oxygen atoms in total. The zero-order chi connectivity index (χ0) is 13.7. The van der Waals surface area contributed by atoms with Gasteiger partial charge in [-0.1, -0.05) is 25.0 Å². The van der Waals surface area contributed by atoms with E-state index in [0.717, 1.165) is 24.4 Å². The Morgan fingerprint density at radius 1 is 1.26 bits per heavy atom. The van der Waals surface area contributed by atoms with Crippen molar-refractivity contribution < 1.29 is 9.84 Å². The van der Waals surface area contributed by atoms with Gasteiger partial charge in [-0.05, 0) is 44.0 Å². The van der Waals surface area contributed by atoms with E-state index in [0.29, 0.717) is 6.04 Å². The summed E-state index contributed by atoms with van der Waals surface area (Å²) in [5, 5.41) is 10.4. The van der Waals surface area contributed by atoms with Gasteiger partial charge in [-0.25, -0.2) is 0 Å². The van der Waals surface area contributed by atoms with Crippen molar-refractivity contribution in [2.24, 2.45) is 0 Å². The number of likely N-dealkylation sites (tertiary alicyclic amines) is 1. The molecule has 2 rings (SSSR count). The Morgan fingerprint density at radius 2 is 2.00 bits per heavy atom. The molecule has 0 spiro atoms. The predicted octanol–water partition coefficient (Wildman–Crippen LogP) is 2.99. The first-order valence-corrected chi connectivity index (χ1v) is 7.27. The summed E-state index contributed by atoms with van der Waals surface area (Å²) in [4.78, 5) is 2.42. The Hall–Kier alpha value is -1.06. The molecule has 1 aromatic rings. The molecule has 19 heavy (non-hydrogen) atoms. The van der Waals surface area contributed by atoms with Gasteiger partial charge in [-0.3, -0.25) is 4.90 Å². The van der Waals surface area contributed by atoms with E-state index in [4.69, 9.17) is 4.74 Å². The maximum atomic E-state index is 10.4. The molecule has 1 saturated heterocycles. The second kappa shape index (κ2) is 6.92. The van der Waals surface area contributed by atoms with E-state index in [2.05, 4.69) is 11.8 Å². The number of hydrogen-bond donors (Lipinski definition) is 1. The number of rotatable bonds is 4. The summed E-state index contributed by atoms with van der Waals surface area (Å²) in [6.07, 6.45) is 4.72. The Bertz CT molecular complexity index is 377. The van der Waals surface area contributed by atoms with Crippen molar-refractivity contribution in [1.82, 2.24) is 4.90 Å². The van der Waals surface area contributed by atoms with Crippen LogP contribution in [-0.2, 0) is 0 Å². The third kappa shape index (κ3) is 3.95. The van der Waals surface area contributed by atoms with Gasteiger partial charge in [0, 0.05) is 12.6 Å². The quantitative estimate of drug-likeness (QED) is 0.906. The van der Waals surface area contributed by atoms with Crippen LogP contribution in [-0.4, -0.2) is 36.2 Å². The van der Waals surface area contributed by atoms with E-state index in [1.807, 2.05) is 24.3 Å². The van der Waals surface area contributed by atoms with E-state index in [9.17, 15) is 5.11 Å². The number of aliphatic hydroxyl groups excluding tert-OH is 1. The molecule has 0 saturated carbocycles. The fraction of sp³-hybridized carbons (Fsp3) is 0.625. The van der Waals surface area contributed by atoms with Gasteiger partial charge in [0.25, 0.3) is 0 Å². The molecule has 0 amide bonds.